The standard InChI is InChI=1S/C42H61/c1-37(2,3)31-22-20-29(35(25-31)39(7,8)9)27-41(13,14)33-18-17-19-34(24-33)42(15,16)28-30-21-23-32(38(4,5)6)26-36(30)40(10,11)12/h17-23,25-26H,27-28H2,1-16H3. The molecule has 0 bridgehead atoms. The first-order valence-corrected chi connectivity index (χ1v) is 16.1. The van der Waals surface area contributed by atoms with Gasteiger partial charge in [0.15, 0.2) is 0 Å². The number of hydrogen-bond donors (Lipinski definition) is 0. The first-order chi connectivity index (χ1) is 18.8. The lowest BCUT2D eigenvalue weighted by molar-refractivity contribution is 0.489. The summed E-state index contributed by atoms with van der Waals surface area (Å²) in [5.41, 5.74) is 11.6. The summed E-state index contributed by atoms with van der Waals surface area (Å²) in [6.45, 7) is 37.5. The normalized spacial score (nSPS) is 13.9. The SMILES string of the molecule is CC(C)(C)c1ccc(CC(C)(C)c2[c]c(C(C)(C)Cc3ccc(C(C)(C)C)cc3C(C)(C)C)ccc2)c(C(C)(C)C)c1. The number of hydrogen-bond acceptors (Lipinski definition) is 0. The Morgan fingerprint density at radius 1 is 0.429 bits per heavy atom. The molecule has 0 aliphatic carbocycles. The maximum absolute atomic E-state index is 3.95. The molecular weight excluding hydrogens is 504 g/mol. The molecule has 42 heavy (non-hydrogen) atoms. The molecule has 229 valence electrons. The first-order valence-electron chi connectivity index (χ1n) is 16.1. The van der Waals surface area contributed by atoms with Gasteiger partial charge < -0.3 is 0 Å². The summed E-state index contributed by atoms with van der Waals surface area (Å²) < 4.78 is 0. The third kappa shape index (κ3) is 7.98. The molecule has 0 unspecified atom stereocenters. The molecule has 0 saturated carbocycles. The maximum Gasteiger partial charge on any atom is -0.00569 e. The molecule has 0 fully saturated rings. The second-order valence-corrected chi connectivity index (χ2v) is 18.3. The van der Waals surface area contributed by atoms with Crippen LogP contribution in [0.4, 0.5) is 0 Å². The summed E-state index contributed by atoms with van der Waals surface area (Å²) in [6.07, 6.45) is 1.99. The van der Waals surface area contributed by atoms with E-state index < -0.39 is 0 Å². The molecule has 3 rings (SSSR count). The smallest absolute Gasteiger partial charge is 0.00569 e. The Morgan fingerprint density at radius 3 is 1.05 bits per heavy atom. The molecule has 0 N–H and O–H groups in total. The molecule has 0 aliphatic rings. The lowest BCUT2D eigenvalue weighted by Crippen LogP contribution is -2.27. The molecule has 0 atom stereocenters. The van der Waals surface area contributed by atoms with Crippen LogP contribution in [0.2, 0.25) is 0 Å². The van der Waals surface area contributed by atoms with Crippen molar-refractivity contribution in [2.24, 2.45) is 0 Å². The van der Waals surface area contributed by atoms with Crippen LogP contribution in [0.15, 0.2) is 54.6 Å². The minimum Gasteiger partial charge on any atom is -0.0616 e. The van der Waals surface area contributed by atoms with E-state index in [0.717, 1.165) is 12.8 Å². The van der Waals surface area contributed by atoms with Crippen molar-refractivity contribution >= 4 is 0 Å². The van der Waals surface area contributed by atoms with Gasteiger partial charge in [0.1, 0.15) is 0 Å². The minimum atomic E-state index is -0.0414. The topological polar surface area (TPSA) is 0 Å². The Labute approximate surface area is 260 Å². The van der Waals surface area contributed by atoms with Crippen LogP contribution in [-0.2, 0) is 45.3 Å². The molecule has 0 aromatic heterocycles. The van der Waals surface area contributed by atoms with Crippen molar-refractivity contribution in [3.63, 3.8) is 0 Å². The molecule has 0 heteroatoms. The molecule has 0 aliphatic heterocycles. The van der Waals surface area contributed by atoms with Gasteiger partial charge in [-0.25, -0.2) is 0 Å². The second-order valence-electron chi connectivity index (χ2n) is 18.3. The van der Waals surface area contributed by atoms with Crippen LogP contribution in [0.5, 0.6) is 0 Å². The van der Waals surface area contributed by atoms with Gasteiger partial charge >= 0.3 is 0 Å². The Bertz CT molecular complexity index is 1280. The van der Waals surface area contributed by atoms with Gasteiger partial charge in [-0.05, 0) is 95.9 Å². The number of benzene rings is 3. The van der Waals surface area contributed by atoms with Crippen molar-refractivity contribution in [1.82, 2.24) is 0 Å². The highest BCUT2D eigenvalue weighted by atomic mass is 14.3. The van der Waals surface area contributed by atoms with E-state index in [1.54, 1.807) is 0 Å². The zero-order valence-corrected chi connectivity index (χ0v) is 30.1. The van der Waals surface area contributed by atoms with Crippen LogP contribution in [-0.4, -0.2) is 0 Å². The van der Waals surface area contributed by atoms with Crippen molar-refractivity contribution in [2.45, 2.75) is 156 Å². The van der Waals surface area contributed by atoms with Gasteiger partial charge in [0.05, 0.1) is 0 Å². The highest BCUT2D eigenvalue weighted by molar-refractivity contribution is 5.44. The highest BCUT2D eigenvalue weighted by Crippen LogP contribution is 2.39. The van der Waals surface area contributed by atoms with Gasteiger partial charge in [-0.2, -0.15) is 0 Å². The second kappa shape index (κ2) is 11.3. The monoisotopic (exact) mass is 565 g/mol. The summed E-state index contributed by atoms with van der Waals surface area (Å²) >= 11 is 0. The Kier molecular flexibility index (Phi) is 9.19. The Balaban J connectivity index is 1.99. The van der Waals surface area contributed by atoms with E-state index in [1.807, 2.05) is 0 Å². The molecule has 0 nitrogen and oxygen atoms in total. The predicted molar refractivity (Wildman–Crippen MR) is 186 cm³/mol. The summed E-state index contributed by atoms with van der Waals surface area (Å²) in [5.74, 6) is 0. The van der Waals surface area contributed by atoms with Crippen molar-refractivity contribution in [1.29, 1.82) is 0 Å². The fourth-order valence-electron chi connectivity index (χ4n) is 6.19. The van der Waals surface area contributed by atoms with E-state index in [0.29, 0.717) is 0 Å². The lowest BCUT2D eigenvalue weighted by atomic mass is 9.70. The number of rotatable bonds is 6. The molecule has 0 spiro atoms. The summed E-state index contributed by atoms with van der Waals surface area (Å²) in [5, 5.41) is 0. The van der Waals surface area contributed by atoms with E-state index in [-0.39, 0.29) is 32.5 Å². The van der Waals surface area contributed by atoms with Gasteiger partial charge in [-0.3, -0.25) is 0 Å². The van der Waals surface area contributed by atoms with Gasteiger partial charge in [-0.1, -0.05) is 165 Å². The average Bonchev–Trinajstić information content (AvgIpc) is 2.81. The lowest BCUT2D eigenvalue weighted by Gasteiger charge is -2.34. The highest BCUT2D eigenvalue weighted by Gasteiger charge is 2.31. The van der Waals surface area contributed by atoms with Crippen LogP contribution in [0.1, 0.15) is 155 Å². The Morgan fingerprint density at radius 2 is 0.762 bits per heavy atom. The average molecular weight is 566 g/mol. The van der Waals surface area contributed by atoms with E-state index in [1.165, 1.54) is 44.5 Å². The molecule has 3 aromatic rings. The fourth-order valence-corrected chi connectivity index (χ4v) is 6.19. The maximum atomic E-state index is 3.95. The summed E-state index contributed by atoms with van der Waals surface area (Å²) in [4.78, 5) is 0. The summed E-state index contributed by atoms with van der Waals surface area (Å²) in [6, 6.07) is 25.2. The van der Waals surface area contributed by atoms with Gasteiger partial charge in [0, 0.05) is 0 Å². The zero-order chi connectivity index (χ0) is 32.1. The molecule has 0 saturated heterocycles. The molecular formula is C42H61. The van der Waals surface area contributed by atoms with Crippen LogP contribution in [0.3, 0.4) is 0 Å². The largest absolute Gasteiger partial charge is 0.0616 e. The first kappa shape index (κ1) is 34.2. The van der Waals surface area contributed by atoms with E-state index in [4.69, 9.17) is 0 Å². The molecule has 1 radical (unpaired) electrons. The quantitative estimate of drug-likeness (QED) is 0.279. The van der Waals surface area contributed by atoms with E-state index >= 15 is 0 Å². The van der Waals surface area contributed by atoms with Crippen LogP contribution in [0.25, 0.3) is 0 Å². The zero-order valence-electron chi connectivity index (χ0n) is 30.1. The van der Waals surface area contributed by atoms with Crippen LogP contribution >= 0.6 is 0 Å². The van der Waals surface area contributed by atoms with Crippen molar-refractivity contribution in [3.8, 4) is 0 Å². The van der Waals surface area contributed by atoms with Gasteiger partial charge in [0.25, 0.3) is 0 Å². The van der Waals surface area contributed by atoms with E-state index in [2.05, 4.69) is 171 Å². The minimum absolute atomic E-state index is 0.0414. The Hall–Kier alpha value is -2.34. The van der Waals surface area contributed by atoms with Crippen molar-refractivity contribution in [3.05, 3.63) is 105 Å². The fraction of sp³-hybridized carbons (Fsp3) is 0.571. The van der Waals surface area contributed by atoms with Crippen LogP contribution in [0, 0.1) is 6.07 Å². The van der Waals surface area contributed by atoms with Gasteiger partial charge in [0.2, 0.25) is 0 Å². The molecule has 0 heterocycles. The van der Waals surface area contributed by atoms with Gasteiger partial charge in [-0.15, -0.1) is 0 Å². The molecule has 3 aromatic carbocycles. The third-order valence-corrected chi connectivity index (χ3v) is 9.09. The van der Waals surface area contributed by atoms with E-state index in [9.17, 15) is 0 Å². The third-order valence-electron chi connectivity index (χ3n) is 9.09. The van der Waals surface area contributed by atoms with Crippen LogP contribution < -0.4 is 0 Å². The van der Waals surface area contributed by atoms with Crippen molar-refractivity contribution < 1.29 is 0 Å². The molecule has 0 amide bonds. The predicted octanol–water partition coefficient (Wildman–Crippen LogP) is 11.7. The van der Waals surface area contributed by atoms with Crippen molar-refractivity contribution in [2.75, 3.05) is 0 Å². The summed E-state index contributed by atoms with van der Waals surface area (Å²) in [7, 11) is 0.